The fourth-order valence-corrected chi connectivity index (χ4v) is 3.46. The lowest BCUT2D eigenvalue weighted by atomic mass is 9.85. The Labute approximate surface area is 179 Å². The van der Waals surface area contributed by atoms with Gasteiger partial charge in [0.15, 0.2) is 5.96 Å². The monoisotopic (exact) mass is 486 g/mol. The molecule has 0 spiro atoms. The van der Waals surface area contributed by atoms with Gasteiger partial charge in [0.1, 0.15) is 0 Å². The number of guanidine groups is 1. The maximum absolute atomic E-state index is 4.51. The van der Waals surface area contributed by atoms with Crippen LogP contribution in [0.2, 0.25) is 0 Å². The summed E-state index contributed by atoms with van der Waals surface area (Å²) in [5.41, 5.74) is 2.52. The summed E-state index contributed by atoms with van der Waals surface area (Å²) in [6.07, 6.45) is 3.32. The van der Waals surface area contributed by atoms with Crippen LogP contribution in [0.3, 0.4) is 0 Å². The normalized spacial score (nSPS) is 11.8. The number of halogens is 1. The number of aromatic nitrogens is 1. The zero-order valence-corrected chi connectivity index (χ0v) is 19.4. The van der Waals surface area contributed by atoms with Gasteiger partial charge >= 0.3 is 0 Å². The minimum absolute atomic E-state index is 0. The summed E-state index contributed by atoms with van der Waals surface area (Å²) in [4.78, 5) is 8.83. The first kappa shape index (κ1) is 22.9. The molecule has 0 aliphatic heterocycles. The molecule has 0 radical (unpaired) electrons. The standard InChI is InChI=1S/C20H30N4S.HI/c1-16-14-25-18(24-16)12-8-9-13-22-19(21-4)23-15-20(2,3)17-10-6-5-7-11-17;/h5-7,10-11,14H,8-9,12-13,15H2,1-4H3,(H2,21,22,23);1H. The maximum atomic E-state index is 4.51. The van der Waals surface area contributed by atoms with E-state index in [4.69, 9.17) is 0 Å². The van der Waals surface area contributed by atoms with Crippen molar-refractivity contribution in [2.75, 3.05) is 20.1 Å². The lowest BCUT2D eigenvalue weighted by molar-refractivity contribution is 0.508. The Hall–Kier alpha value is -1.15. The van der Waals surface area contributed by atoms with Crippen LogP contribution in [-0.4, -0.2) is 31.1 Å². The predicted octanol–water partition coefficient (Wildman–Crippen LogP) is 4.54. The van der Waals surface area contributed by atoms with Gasteiger partial charge in [-0.05, 0) is 31.7 Å². The van der Waals surface area contributed by atoms with Crippen LogP contribution in [0, 0.1) is 6.92 Å². The number of rotatable bonds is 8. The number of aliphatic imine (C=N–C) groups is 1. The highest BCUT2D eigenvalue weighted by atomic mass is 127. The van der Waals surface area contributed by atoms with E-state index in [1.807, 2.05) is 14.0 Å². The van der Waals surface area contributed by atoms with E-state index in [-0.39, 0.29) is 29.4 Å². The molecule has 1 aromatic heterocycles. The summed E-state index contributed by atoms with van der Waals surface area (Å²) < 4.78 is 0. The van der Waals surface area contributed by atoms with Crippen molar-refractivity contribution in [3.63, 3.8) is 0 Å². The highest BCUT2D eigenvalue weighted by Gasteiger charge is 2.20. The molecule has 0 saturated heterocycles. The van der Waals surface area contributed by atoms with Gasteiger partial charge in [-0.2, -0.15) is 0 Å². The summed E-state index contributed by atoms with van der Waals surface area (Å²) in [7, 11) is 1.82. The van der Waals surface area contributed by atoms with Gasteiger partial charge in [0, 0.05) is 36.6 Å². The van der Waals surface area contributed by atoms with E-state index in [2.05, 4.69) is 70.2 Å². The van der Waals surface area contributed by atoms with E-state index in [0.717, 1.165) is 44.0 Å². The van der Waals surface area contributed by atoms with E-state index < -0.39 is 0 Å². The molecule has 1 aromatic carbocycles. The van der Waals surface area contributed by atoms with Crippen molar-refractivity contribution >= 4 is 41.3 Å². The second-order valence-electron chi connectivity index (χ2n) is 6.94. The zero-order valence-electron chi connectivity index (χ0n) is 16.2. The Morgan fingerprint density at radius 2 is 1.88 bits per heavy atom. The minimum Gasteiger partial charge on any atom is -0.356 e. The van der Waals surface area contributed by atoms with Crippen LogP contribution < -0.4 is 10.6 Å². The lowest BCUT2D eigenvalue weighted by Crippen LogP contribution is -2.43. The SMILES string of the molecule is CN=C(NCCCCc1nc(C)cs1)NCC(C)(C)c1ccccc1.I. The Bertz CT molecular complexity index is 667. The van der Waals surface area contributed by atoms with Gasteiger partial charge in [-0.15, -0.1) is 35.3 Å². The molecule has 2 aromatic rings. The molecule has 26 heavy (non-hydrogen) atoms. The van der Waals surface area contributed by atoms with Crippen LogP contribution in [0.15, 0.2) is 40.7 Å². The number of hydrogen-bond acceptors (Lipinski definition) is 3. The van der Waals surface area contributed by atoms with Gasteiger partial charge in [-0.25, -0.2) is 4.98 Å². The van der Waals surface area contributed by atoms with Gasteiger partial charge < -0.3 is 10.6 Å². The number of hydrogen-bond donors (Lipinski definition) is 2. The molecule has 0 bridgehead atoms. The number of thiazole rings is 1. The van der Waals surface area contributed by atoms with Crippen molar-refractivity contribution in [1.82, 2.24) is 15.6 Å². The van der Waals surface area contributed by atoms with Gasteiger partial charge in [0.2, 0.25) is 0 Å². The molecule has 2 N–H and O–H groups in total. The molecule has 6 heteroatoms. The smallest absolute Gasteiger partial charge is 0.191 e. The summed E-state index contributed by atoms with van der Waals surface area (Å²) in [5, 5.41) is 10.2. The van der Waals surface area contributed by atoms with Crippen molar-refractivity contribution in [2.45, 2.75) is 45.4 Å². The van der Waals surface area contributed by atoms with E-state index in [0.29, 0.717) is 0 Å². The molecule has 0 aliphatic rings. The molecule has 0 saturated carbocycles. The second-order valence-corrected chi connectivity index (χ2v) is 7.88. The average Bonchev–Trinajstić information content (AvgIpc) is 3.03. The Kier molecular flexibility index (Phi) is 10.2. The molecule has 2 rings (SSSR count). The first-order valence-corrected chi connectivity index (χ1v) is 9.80. The highest BCUT2D eigenvalue weighted by Crippen LogP contribution is 2.21. The van der Waals surface area contributed by atoms with E-state index in [9.17, 15) is 0 Å². The number of benzene rings is 1. The first-order valence-electron chi connectivity index (χ1n) is 8.92. The van der Waals surface area contributed by atoms with Gasteiger partial charge in [-0.3, -0.25) is 4.99 Å². The quantitative estimate of drug-likeness (QED) is 0.250. The highest BCUT2D eigenvalue weighted by molar-refractivity contribution is 14.0. The minimum atomic E-state index is 0. The van der Waals surface area contributed by atoms with Crippen molar-refractivity contribution < 1.29 is 0 Å². The van der Waals surface area contributed by atoms with Gasteiger partial charge in [0.05, 0.1) is 5.01 Å². The molecule has 4 nitrogen and oxygen atoms in total. The van der Waals surface area contributed by atoms with E-state index in [1.54, 1.807) is 11.3 Å². The van der Waals surface area contributed by atoms with Crippen LogP contribution in [0.25, 0.3) is 0 Å². The predicted molar refractivity (Wildman–Crippen MR) is 124 cm³/mol. The third-order valence-electron chi connectivity index (χ3n) is 4.25. The summed E-state index contributed by atoms with van der Waals surface area (Å²) >= 11 is 1.76. The fraction of sp³-hybridized carbons (Fsp3) is 0.500. The van der Waals surface area contributed by atoms with Gasteiger partial charge in [-0.1, -0.05) is 44.2 Å². The molecule has 1 heterocycles. The van der Waals surface area contributed by atoms with Crippen molar-refractivity contribution in [3.05, 3.63) is 52.0 Å². The first-order chi connectivity index (χ1) is 12.0. The molecular weight excluding hydrogens is 455 g/mol. The van der Waals surface area contributed by atoms with Crippen LogP contribution >= 0.6 is 35.3 Å². The molecule has 144 valence electrons. The lowest BCUT2D eigenvalue weighted by Gasteiger charge is -2.26. The number of aryl methyl sites for hydroxylation is 2. The molecule has 0 aliphatic carbocycles. The Balaban J connectivity index is 0.00000338. The average molecular weight is 486 g/mol. The largest absolute Gasteiger partial charge is 0.356 e. The number of unbranched alkanes of at least 4 members (excludes halogenated alkanes) is 1. The summed E-state index contributed by atoms with van der Waals surface area (Å²) in [6.45, 7) is 8.32. The number of nitrogens with zero attached hydrogens (tertiary/aromatic N) is 2. The van der Waals surface area contributed by atoms with Crippen molar-refractivity contribution in [3.8, 4) is 0 Å². The van der Waals surface area contributed by atoms with Crippen LogP contribution in [-0.2, 0) is 11.8 Å². The van der Waals surface area contributed by atoms with Gasteiger partial charge in [0.25, 0.3) is 0 Å². The summed E-state index contributed by atoms with van der Waals surface area (Å²) in [5.74, 6) is 0.870. The van der Waals surface area contributed by atoms with Crippen LogP contribution in [0.5, 0.6) is 0 Å². The Morgan fingerprint density at radius 3 is 2.50 bits per heavy atom. The van der Waals surface area contributed by atoms with Crippen molar-refractivity contribution in [1.29, 1.82) is 0 Å². The topological polar surface area (TPSA) is 49.3 Å². The van der Waals surface area contributed by atoms with Crippen LogP contribution in [0.1, 0.15) is 43.0 Å². The number of nitrogens with one attached hydrogen (secondary N) is 2. The molecular formula is C20H31IN4S. The van der Waals surface area contributed by atoms with E-state index in [1.165, 1.54) is 10.6 Å². The molecule has 0 fully saturated rings. The van der Waals surface area contributed by atoms with E-state index >= 15 is 0 Å². The Morgan fingerprint density at radius 1 is 1.15 bits per heavy atom. The zero-order chi connectivity index (χ0) is 18.1. The molecule has 0 amide bonds. The van der Waals surface area contributed by atoms with Crippen LogP contribution in [0.4, 0.5) is 0 Å². The third-order valence-corrected chi connectivity index (χ3v) is 5.28. The molecule has 0 unspecified atom stereocenters. The van der Waals surface area contributed by atoms with Crippen molar-refractivity contribution in [2.24, 2.45) is 4.99 Å². The third kappa shape index (κ3) is 7.61. The summed E-state index contributed by atoms with van der Waals surface area (Å²) in [6, 6.07) is 10.6. The maximum Gasteiger partial charge on any atom is 0.191 e. The second kappa shape index (κ2) is 11.5. The molecule has 0 atom stereocenters. The fourth-order valence-electron chi connectivity index (χ4n) is 2.64.